The molecule has 1 aliphatic rings. The van der Waals surface area contributed by atoms with Gasteiger partial charge in [0.25, 0.3) is 0 Å². The molecule has 0 radical (unpaired) electrons. The van der Waals surface area contributed by atoms with Gasteiger partial charge in [-0.05, 0) is 12.1 Å². The Morgan fingerprint density at radius 3 is 2.53 bits per heavy atom. The van der Waals surface area contributed by atoms with Gasteiger partial charge in [0.05, 0.1) is 5.56 Å². The lowest BCUT2D eigenvalue weighted by Crippen LogP contribution is -2.25. The van der Waals surface area contributed by atoms with Crippen LogP contribution in [0.5, 0.6) is 0 Å². The molecule has 7 heteroatoms. The molecule has 0 aliphatic carbocycles. The highest BCUT2D eigenvalue weighted by atomic mass is 32.1. The Bertz CT molecular complexity index is 432. The summed E-state index contributed by atoms with van der Waals surface area (Å²) in [7, 11) is 0. The average Bonchev–Trinajstić information content (AvgIpc) is 2.57. The van der Waals surface area contributed by atoms with Crippen molar-refractivity contribution in [2.24, 2.45) is 0 Å². The minimum absolute atomic E-state index is 0.0911. The molecule has 0 spiro atoms. The van der Waals surface area contributed by atoms with E-state index in [4.69, 9.17) is 0 Å². The maximum absolute atomic E-state index is 12.3. The van der Waals surface area contributed by atoms with Crippen LogP contribution >= 0.6 is 12.6 Å². The second kappa shape index (κ2) is 4.21. The highest BCUT2D eigenvalue weighted by Crippen LogP contribution is 2.30. The van der Waals surface area contributed by atoms with Crippen molar-refractivity contribution >= 4 is 24.4 Å². The van der Waals surface area contributed by atoms with Gasteiger partial charge >= 0.3 is 6.18 Å². The van der Waals surface area contributed by atoms with E-state index in [1.165, 1.54) is 11.0 Å². The number of halogens is 3. The monoisotopic (exact) mass is 262 g/mol. The maximum atomic E-state index is 12.3. The molecule has 92 valence electrons. The summed E-state index contributed by atoms with van der Waals surface area (Å²) in [5, 5.41) is -0.0911. The molecular formula is C10H9F3N2OS. The van der Waals surface area contributed by atoms with Crippen LogP contribution in [0, 0.1) is 0 Å². The predicted octanol–water partition coefficient (Wildman–Crippen LogP) is 2.14. The van der Waals surface area contributed by atoms with Gasteiger partial charge in [-0.25, -0.2) is 4.98 Å². The van der Waals surface area contributed by atoms with Crippen molar-refractivity contribution in [3.8, 4) is 0 Å². The van der Waals surface area contributed by atoms with Crippen LogP contribution in [0.15, 0.2) is 18.3 Å². The molecule has 2 heterocycles. The van der Waals surface area contributed by atoms with Crippen LogP contribution in [0.25, 0.3) is 0 Å². The zero-order valence-corrected chi connectivity index (χ0v) is 9.50. The first-order valence-corrected chi connectivity index (χ1v) is 5.41. The first-order chi connectivity index (χ1) is 7.88. The van der Waals surface area contributed by atoms with Crippen LogP contribution in [0.4, 0.5) is 19.0 Å². The Morgan fingerprint density at radius 1 is 1.41 bits per heavy atom. The molecule has 0 aromatic carbocycles. The van der Waals surface area contributed by atoms with E-state index in [0.717, 1.165) is 12.3 Å². The molecule has 1 aromatic heterocycles. The van der Waals surface area contributed by atoms with Gasteiger partial charge < -0.3 is 0 Å². The lowest BCUT2D eigenvalue weighted by molar-refractivity contribution is -0.137. The molecule has 1 fully saturated rings. The van der Waals surface area contributed by atoms with E-state index in [-0.39, 0.29) is 23.4 Å². The van der Waals surface area contributed by atoms with Crippen molar-refractivity contribution in [1.29, 1.82) is 0 Å². The molecule has 1 aliphatic heterocycles. The third kappa shape index (κ3) is 2.54. The number of anilines is 1. The summed E-state index contributed by atoms with van der Waals surface area (Å²) in [5.74, 6) is 0.0665. The van der Waals surface area contributed by atoms with Crippen LogP contribution in [0.2, 0.25) is 0 Å². The minimum atomic E-state index is -4.41. The van der Waals surface area contributed by atoms with Crippen LogP contribution in [-0.2, 0) is 11.0 Å². The van der Waals surface area contributed by atoms with Gasteiger partial charge in [-0.3, -0.25) is 9.69 Å². The quantitative estimate of drug-likeness (QED) is 0.787. The van der Waals surface area contributed by atoms with Gasteiger partial charge in [-0.15, -0.1) is 0 Å². The number of nitrogens with zero attached hydrogens (tertiary/aromatic N) is 2. The number of rotatable bonds is 1. The molecule has 1 atom stereocenters. The number of aromatic nitrogens is 1. The third-order valence-corrected chi connectivity index (χ3v) is 2.80. The summed E-state index contributed by atoms with van der Waals surface area (Å²) < 4.78 is 36.9. The number of amides is 1. The number of carbonyl (C=O) groups excluding carboxylic acids is 1. The van der Waals surface area contributed by atoms with Crippen molar-refractivity contribution in [2.45, 2.75) is 17.8 Å². The van der Waals surface area contributed by atoms with Gasteiger partial charge in [0.2, 0.25) is 5.91 Å². The van der Waals surface area contributed by atoms with E-state index in [0.29, 0.717) is 6.54 Å². The average molecular weight is 262 g/mol. The third-order valence-electron chi connectivity index (χ3n) is 2.46. The van der Waals surface area contributed by atoms with Gasteiger partial charge in [0.1, 0.15) is 5.82 Å². The molecule has 0 saturated carbocycles. The van der Waals surface area contributed by atoms with Crippen molar-refractivity contribution in [1.82, 2.24) is 4.98 Å². The Labute approximate surface area is 101 Å². The topological polar surface area (TPSA) is 33.2 Å². The van der Waals surface area contributed by atoms with E-state index in [1.54, 1.807) is 0 Å². The molecule has 1 saturated heterocycles. The summed E-state index contributed by atoms with van der Waals surface area (Å²) >= 11 is 4.16. The van der Waals surface area contributed by atoms with Crippen molar-refractivity contribution in [3.05, 3.63) is 23.9 Å². The van der Waals surface area contributed by atoms with Crippen LogP contribution in [0.3, 0.4) is 0 Å². The van der Waals surface area contributed by atoms with Crippen LogP contribution in [0.1, 0.15) is 12.0 Å². The fourth-order valence-corrected chi connectivity index (χ4v) is 1.94. The summed E-state index contributed by atoms with van der Waals surface area (Å²) in [5.41, 5.74) is -0.824. The first kappa shape index (κ1) is 12.2. The zero-order chi connectivity index (χ0) is 12.6. The first-order valence-electron chi connectivity index (χ1n) is 4.89. The van der Waals surface area contributed by atoms with Crippen molar-refractivity contribution < 1.29 is 18.0 Å². The van der Waals surface area contributed by atoms with Crippen molar-refractivity contribution in [3.63, 3.8) is 0 Å². The van der Waals surface area contributed by atoms with Crippen LogP contribution in [-0.4, -0.2) is 22.7 Å². The number of alkyl halides is 3. The van der Waals surface area contributed by atoms with Crippen molar-refractivity contribution in [2.75, 3.05) is 11.4 Å². The normalized spacial score (nSPS) is 21.1. The summed E-state index contributed by atoms with van der Waals surface area (Å²) in [6.45, 7) is 0.375. The Morgan fingerprint density at radius 2 is 2.12 bits per heavy atom. The lowest BCUT2D eigenvalue weighted by atomic mass is 10.3. The van der Waals surface area contributed by atoms with Gasteiger partial charge in [0, 0.05) is 24.4 Å². The number of pyridine rings is 1. The van der Waals surface area contributed by atoms with E-state index in [9.17, 15) is 18.0 Å². The summed E-state index contributed by atoms with van der Waals surface area (Å²) in [6.07, 6.45) is -3.40. The zero-order valence-electron chi connectivity index (χ0n) is 8.61. The van der Waals surface area contributed by atoms with E-state index >= 15 is 0 Å². The fraction of sp³-hybridized carbons (Fsp3) is 0.400. The molecule has 17 heavy (non-hydrogen) atoms. The minimum Gasteiger partial charge on any atom is -0.296 e. The Balaban J connectivity index is 2.22. The van der Waals surface area contributed by atoms with E-state index in [2.05, 4.69) is 17.6 Å². The number of carbonyl (C=O) groups is 1. The molecule has 3 nitrogen and oxygen atoms in total. The molecule has 0 N–H and O–H groups in total. The molecule has 2 rings (SSSR count). The van der Waals surface area contributed by atoms with Gasteiger partial charge in [-0.2, -0.15) is 25.8 Å². The maximum Gasteiger partial charge on any atom is 0.417 e. The molecule has 1 aromatic rings. The standard InChI is InChI=1S/C10H9F3N2OS/c11-10(12,13)6-1-2-8(14-4-6)15-5-7(17)3-9(15)16/h1-2,4,7,17H,3,5H2. The molecular weight excluding hydrogens is 253 g/mol. The van der Waals surface area contributed by atoms with E-state index < -0.39 is 11.7 Å². The lowest BCUT2D eigenvalue weighted by Gasteiger charge is -2.15. The molecule has 1 unspecified atom stereocenters. The second-order valence-corrected chi connectivity index (χ2v) is 4.50. The predicted molar refractivity (Wildman–Crippen MR) is 59.0 cm³/mol. The highest BCUT2D eigenvalue weighted by molar-refractivity contribution is 7.81. The van der Waals surface area contributed by atoms with E-state index in [1.807, 2.05) is 0 Å². The van der Waals surface area contributed by atoms with Gasteiger partial charge in [-0.1, -0.05) is 0 Å². The fourth-order valence-electron chi connectivity index (χ4n) is 1.62. The number of hydrogen-bond acceptors (Lipinski definition) is 3. The van der Waals surface area contributed by atoms with Crippen LogP contribution < -0.4 is 4.90 Å². The molecule has 0 bridgehead atoms. The second-order valence-electron chi connectivity index (χ2n) is 3.77. The number of thiol groups is 1. The summed E-state index contributed by atoms with van der Waals surface area (Å²) in [4.78, 5) is 16.5. The molecule has 1 amide bonds. The largest absolute Gasteiger partial charge is 0.417 e. The number of hydrogen-bond donors (Lipinski definition) is 1. The SMILES string of the molecule is O=C1CC(S)CN1c1ccc(C(F)(F)F)cn1. The summed E-state index contributed by atoms with van der Waals surface area (Å²) in [6, 6.07) is 2.12. The Kier molecular flexibility index (Phi) is 3.03. The van der Waals surface area contributed by atoms with Gasteiger partial charge in [0.15, 0.2) is 0 Å². The highest BCUT2D eigenvalue weighted by Gasteiger charge is 2.32. The smallest absolute Gasteiger partial charge is 0.296 e. The Hall–Kier alpha value is -1.24.